The maximum Gasteiger partial charge on any atom is 0.410 e. The zero-order chi connectivity index (χ0) is 15.9. The summed E-state index contributed by atoms with van der Waals surface area (Å²) in [5.74, 6) is -1.67. The number of benzene rings is 1. The number of rotatable bonds is 4. The van der Waals surface area contributed by atoms with Crippen molar-refractivity contribution in [1.29, 1.82) is 0 Å². The van der Waals surface area contributed by atoms with Gasteiger partial charge in [0.1, 0.15) is 12.5 Å². The van der Waals surface area contributed by atoms with Crippen molar-refractivity contribution in [2.75, 3.05) is 19.7 Å². The zero-order valence-corrected chi connectivity index (χ0v) is 12.5. The summed E-state index contributed by atoms with van der Waals surface area (Å²) < 4.78 is 10.1. The topological polar surface area (TPSA) is 72.9 Å². The summed E-state index contributed by atoms with van der Waals surface area (Å²) in [5, 5.41) is 0. The molecule has 0 unspecified atom stereocenters. The van der Waals surface area contributed by atoms with Crippen LogP contribution in [0.15, 0.2) is 30.3 Å². The molecule has 1 aromatic rings. The standard InChI is InChI=1S/C16H19NO5/c1-2-21-15(19)13-10-17(9-8-14(13)18)16(20)22-11-12-6-4-3-5-7-12/h3-7,13H,2,8-11H2,1H3/t13-/m0/s1. The van der Waals surface area contributed by atoms with Crippen LogP contribution < -0.4 is 0 Å². The number of amides is 1. The monoisotopic (exact) mass is 305 g/mol. The van der Waals surface area contributed by atoms with Crippen LogP contribution in [0.5, 0.6) is 0 Å². The van der Waals surface area contributed by atoms with Gasteiger partial charge in [0.15, 0.2) is 5.78 Å². The summed E-state index contributed by atoms with van der Waals surface area (Å²) in [7, 11) is 0. The third-order valence-corrected chi connectivity index (χ3v) is 3.45. The van der Waals surface area contributed by atoms with Crippen LogP contribution in [0, 0.1) is 5.92 Å². The number of Topliss-reactive ketones (excluding diaryl/α,β-unsaturated/α-hetero) is 1. The summed E-state index contributed by atoms with van der Waals surface area (Å²) in [6, 6.07) is 9.31. The second-order valence-electron chi connectivity index (χ2n) is 5.01. The van der Waals surface area contributed by atoms with E-state index in [0.29, 0.717) is 0 Å². The van der Waals surface area contributed by atoms with Crippen molar-refractivity contribution in [3.05, 3.63) is 35.9 Å². The predicted molar refractivity (Wildman–Crippen MR) is 77.9 cm³/mol. The van der Waals surface area contributed by atoms with Crippen molar-refractivity contribution in [3.8, 4) is 0 Å². The SMILES string of the molecule is CCOC(=O)[C@H]1CN(C(=O)OCc2ccccc2)CCC1=O. The summed E-state index contributed by atoms with van der Waals surface area (Å²) in [6.45, 7) is 2.33. The summed E-state index contributed by atoms with van der Waals surface area (Å²) in [5.41, 5.74) is 0.880. The number of hydrogen-bond donors (Lipinski definition) is 0. The van der Waals surface area contributed by atoms with Crippen molar-refractivity contribution in [2.45, 2.75) is 20.0 Å². The largest absolute Gasteiger partial charge is 0.465 e. The van der Waals surface area contributed by atoms with Crippen LogP contribution in [0.2, 0.25) is 0 Å². The lowest BCUT2D eigenvalue weighted by Crippen LogP contribution is -2.47. The van der Waals surface area contributed by atoms with Crippen LogP contribution in [0.3, 0.4) is 0 Å². The van der Waals surface area contributed by atoms with Crippen LogP contribution >= 0.6 is 0 Å². The molecule has 0 bridgehead atoms. The lowest BCUT2D eigenvalue weighted by molar-refractivity contribution is -0.153. The van der Waals surface area contributed by atoms with Gasteiger partial charge in [-0.2, -0.15) is 0 Å². The summed E-state index contributed by atoms with van der Waals surface area (Å²) >= 11 is 0. The van der Waals surface area contributed by atoms with Gasteiger partial charge in [0.05, 0.1) is 6.61 Å². The minimum absolute atomic E-state index is 0.0191. The van der Waals surface area contributed by atoms with Crippen molar-refractivity contribution >= 4 is 17.8 Å². The van der Waals surface area contributed by atoms with E-state index < -0.39 is 18.0 Å². The fraction of sp³-hybridized carbons (Fsp3) is 0.438. The van der Waals surface area contributed by atoms with E-state index >= 15 is 0 Å². The number of esters is 1. The maximum atomic E-state index is 12.0. The quantitative estimate of drug-likeness (QED) is 0.626. The molecule has 6 heteroatoms. The smallest absolute Gasteiger partial charge is 0.410 e. The molecule has 1 aliphatic heterocycles. The van der Waals surface area contributed by atoms with Crippen molar-refractivity contribution < 1.29 is 23.9 Å². The van der Waals surface area contributed by atoms with Crippen LogP contribution in [0.1, 0.15) is 18.9 Å². The molecule has 0 aromatic heterocycles. The molecule has 1 heterocycles. The number of nitrogens with zero attached hydrogens (tertiary/aromatic N) is 1. The molecule has 6 nitrogen and oxygen atoms in total. The average molecular weight is 305 g/mol. The molecule has 1 saturated heterocycles. The molecule has 118 valence electrons. The molecule has 2 rings (SSSR count). The van der Waals surface area contributed by atoms with Gasteiger partial charge < -0.3 is 14.4 Å². The molecule has 1 amide bonds. The number of likely N-dealkylation sites (tertiary alicyclic amines) is 1. The van der Waals surface area contributed by atoms with Crippen LogP contribution in [-0.2, 0) is 25.7 Å². The highest BCUT2D eigenvalue weighted by atomic mass is 16.6. The molecular formula is C16H19NO5. The number of carbonyl (C=O) groups excluding carboxylic acids is 3. The Balaban J connectivity index is 1.90. The van der Waals surface area contributed by atoms with Gasteiger partial charge in [0.25, 0.3) is 0 Å². The van der Waals surface area contributed by atoms with E-state index in [-0.39, 0.29) is 38.5 Å². The maximum absolute atomic E-state index is 12.0. The summed E-state index contributed by atoms with van der Waals surface area (Å²) in [4.78, 5) is 36.9. The fourth-order valence-electron chi connectivity index (χ4n) is 2.26. The molecule has 1 aromatic carbocycles. The third-order valence-electron chi connectivity index (χ3n) is 3.45. The van der Waals surface area contributed by atoms with E-state index in [1.165, 1.54) is 4.90 Å². The highest BCUT2D eigenvalue weighted by Crippen LogP contribution is 2.16. The van der Waals surface area contributed by atoms with Crippen molar-refractivity contribution in [1.82, 2.24) is 4.90 Å². The molecule has 0 spiro atoms. The van der Waals surface area contributed by atoms with Gasteiger partial charge in [0.2, 0.25) is 0 Å². The highest BCUT2D eigenvalue weighted by Gasteiger charge is 2.36. The van der Waals surface area contributed by atoms with E-state index in [4.69, 9.17) is 9.47 Å². The Hall–Kier alpha value is -2.37. The Morgan fingerprint density at radius 1 is 1.23 bits per heavy atom. The van der Waals surface area contributed by atoms with Crippen LogP contribution in [0.25, 0.3) is 0 Å². The number of piperidine rings is 1. The fourth-order valence-corrected chi connectivity index (χ4v) is 2.26. The minimum Gasteiger partial charge on any atom is -0.465 e. The van der Waals surface area contributed by atoms with Crippen LogP contribution in [0.4, 0.5) is 4.79 Å². The van der Waals surface area contributed by atoms with E-state index in [0.717, 1.165) is 5.56 Å². The number of hydrogen-bond acceptors (Lipinski definition) is 5. The molecule has 1 atom stereocenters. The van der Waals surface area contributed by atoms with Gasteiger partial charge in [-0.25, -0.2) is 4.79 Å². The van der Waals surface area contributed by atoms with Gasteiger partial charge in [-0.15, -0.1) is 0 Å². The highest BCUT2D eigenvalue weighted by molar-refractivity contribution is 6.00. The molecule has 1 fully saturated rings. The van der Waals surface area contributed by atoms with Gasteiger partial charge in [0, 0.05) is 19.5 Å². The first-order chi connectivity index (χ1) is 10.6. The van der Waals surface area contributed by atoms with Gasteiger partial charge in [-0.1, -0.05) is 30.3 Å². The van der Waals surface area contributed by atoms with Gasteiger partial charge >= 0.3 is 12.1 Å². The third kappa shape index (κ3) is 4.07. The predicted octanol–water partition coefficient (Wildman–Crippen LogP) is 1.78. The molecule has 0 radical (unpaired) electrons. The number of ketones is 1. The summed E-state index contributed by atoms with van der Waals surface area (Å²) in [6.07, 6.45) is -0.380. The van der Waals surface area contributed by atoms with Crippen molar-refractivity contribution in [2.24, 2.45) is 5.92 Å². The van der Waals surface area contributed by atoms with Gasteiger partial charge in [-0.05, 0) is 12.5 Å². The van der Waals surface area contributed by atoms with Gasteiger partial charge in [-0.3, -0.25) is 9.59 Å². The first-order valence-corrected chi connectivity index (χ1v) is 7.26. The Morgan fingerprint density at radius 3 is 2.64 bits per heavy atom. The first-order valence-electron chi connectivity index (χ1n) is 7.26. The van der Waals surface area contributed by atoms with E-state index in [1.807, 2.05) is 30.3 Å². The Labute approximate surface area is 129 Å². The zero-order valence-electron chi connectivity index (χ0n) is 12.5. The normalized spacial score (nSPS) is 18.0. The number of ether oxygens (including phenoxy) is 2. The first kappa shape index (κ1) is 16.0. The Morgan fingerprint density at radius 2 is 1.95 bits per heavy atom. The second-order valence-corrected chi connectivity index (χ2v) is 5.01. The van der Waals surface area contributed by atoms with E-state index in [9.17, 15) is 14.4 Å². The van der Waals surface area contributed by atoms with E-state index in [2.05, 4.69) is 0 Å². The Kier molecular flexibility index (Phi) is 5.52. The lowest BCUT2D eigenvalue weighted by atomic mass is 9.97. The van der Waals surface area contributed by atoms with Crippen LogP contribution in [-0.4, -0.2) is 42.4 Å². The number of carbonyl (C=O) groups is 3. The second kappa shape index (κ2) is 7.59. The molecule has 0 N–H and O–H groups in total. The van der Waals surface area contributed by atoms with E-state index in [1.54, 1.807) is 6.92 Å². The molecular weight excluding hydrogens is 286 g/mol. The molecule has 22 heavy (non-hydrogen) atoms. The minimum atomic E-state index is -0.905. The average Bonchev–Trinajstić information content (AvgIpc) is 2.54. The molecule has 1 aliphatic rings. The lowest BCUT2D eigenvalue weighted by Gasteiger charge is -2.29. The Bertz CT molecular complexity index is 543. The van der Waals surface area contributed by atoms with Crippen molar-refractivity contribution in [3.63, 3.8) is 0 Å². The molecule has 0 saturated carbocycles. The molecule has 0 aliphatic carbocycles.